The van der Waals surface area contributed by atoms with E-state index in [0.29, 0.717) is 25.7 Å². The molecule has 2 saturated carbocycles. The predicted molar refractivity (Wildman–Crippen MR) is 193 cm³/mol. The van der Waals surface area contributed by atoms with Gasteiger partial charge in [-0.25, -0.2) is 0 Å². The van der Waals surface area contributed by atoms with Crippen molar-refractivity contribution in [3.63, 3.8) is 0 Å². The van der Waals surface area contributed by atoms with E-state index in [1.807, 2.05) is 53.7 Å². The van der Waals surface area contributed by atoms with Crippen LogP contribution in [-0.4, -0.2) is 27.6 Å². The molecule has 0 heterocycles. The molecule has 5 nitrogen and oxygen atoms in total. The Labute approximate surface area is 282 Å². The molecule has 5 heteroatoms. The molecule has 254 valence electrons. The van der Waals surface area contributed by atoms with E-state index in [4.69, 9.17) is 0 Å². The Kier molecular flexibility index (Phi) is 12.8. The van der Waals surface area contributed by atoms with Crippen LogP contribution in [0.3, 0.4) is 0 Å². The monoisotopic (exact) mass is 640 g/mol. The molecule has 3 rings (SSSR count). The fraction of sp³-hybridized carbons (Fsp3) is 0.500. The predicted octanol–water partition coefficient (Wildman–Crippen LogP) is 10.5. The Hall–Kier alpha value is -3.73. The highest BCUT2D eigenvalue weighted by atomic mass is 16.3. The van der Waals surface area contributed by atoms with Crippen molar-refractivity contribution < 1.29 is 24.6 Å². The van der Waals surface area contributed by atoms with Gasteiger partial charge in [-0.2, -0.15) is 0 Å². The number of fused-ring (bicyclic) bond motifs is 2. The van der Waals surface area contributed by atoms with Crippen molar-refractivity contribution >= 4 is 23.1 Å². The van der Waals surface area contributed by atoms with E-state index in [1.54, 1.807) is 12.1 Å². The molecule has 0 amide bonds. The second-order valence-corrected chi connectivity index (χ2v) is 14.8. The maximum atomic E-state index is 15.2. The summed E-state index contributed by atoms with van der Waals surface area (Å²) in [7, 11) is 0. The van der Waals surface area contributed by atoms with E-state index in [1.165, 1.54) is 28.9 Å². The second kappa shape index (κ2) is 15.9. The lowest BCUT2D eigenvalue weighted by molar-refractivity contribution is -0.168. The summed E-state index contributed by atoms with van der Waals surface area (Å²) in [6, 6.07) is 5.94. The highest BCUT2D eigenvalue weighted by Gasteiger charge is 2.70. The van der Waals surface area contributed by atoms with Crippen molar-refractivity contribution in [3.8, 4) is 5.75 Å². The SMILES string of the molecule is CC(C)=CCC/C(C)=C/C[C@@H]1C[C@]2(CC=C(C)C)C(=O)/C(=C(/O)c3cccc(O)c3)C(=O)[C@](CC=C(C)C)(C2=O)[C@H]1CCC=C(C)C. The maximum absolute atomic E-state index is 15.2. The molecule has 2 bridgehead atoms. The third-order valence-electron chi connectivity index (χ3n) is 9.88. The Bertz CT molecular complexity index is 1540. The van der Waals surface area contributed by atoms with Crippen molar-refractivity contribution in [2.45, 2.75) is 114 Å². The molecule has 47 heavy (non-hydrogen) atoms. The Morgan fingerprint density at radius 3 is 1.98 bits per heavy atom. The van der Waals surface area contributed by atoms with Gasteiger partial charge >= 0.3 is 0 Å². The van der Waals surface area contributed by atoms with Gasteiger partial charge in [-0.1, -0.05) is 70.4 Å². The van der Waals surface area contributed by atoms with Crippen LogP contribution in [0.5, 0.6) is 5.75 Å². The maximum Gasteiger partial charge on any atom is 0.184 e. The van der Waals surface area contributed by atoms with Gasteiger partial charge in [0.1, 0.15) is 17.1 Å². The van der Waals surface area contributed by atoms with Crippen molar-refractivity contribution in [1.82, 2.24) is 0 Å². The summed E-state index contributed by atoms with van der Waals surface area (Å²) < 4.78 is 0. The number of phenols is 1. The molecular weight excluding hydrogens is 584 g/mol. The summed E-state index contributed by atoms with van der Waals surface area (Å²) in [6.07, 6.45) is 15.0. The van der Waals surface area contributed by atoms with Gasteiger partial charge in [-0.05, 0) is 138 Å². The van der Waals surface area contributed by atoms with Gasteiger partial charge in [-0.3, -0.25) is 14.4 Å². The van der Waals surface area contributed by atoms with Crippen LogP contribution in [0.15, 0.2) is 88.1 Å². The van der Waals surface area contributed by atoms with Crippen LogP contribution in [-0.2, 0) is 14.4 Å². The summed E-state index contributed by atoms with van der Waals surface area (Å²) >= 11 is 0. The standard InChI is InChI=1S/C42H56O5/c1-27(2)13-10-15-31(9)19-20-33-26-41(23-21-29(5)6)38(45)36(37(44)32-16-12-17-34(43)25-32)39(46)42(40(41)47,24-22-30(7)8)35(33)18-11-14-28(3)4/h12-14,16-17,19,21-22,25,33,35,43-44H,10-11,15,18,20,23-24,26H2,1-9H3/b31-19+,37-36-/t33-,35+,41-,42-/m1/s1. The summed E-state index contributed by atoms with van der Waals surface area (Å²) in [5.74, 6) is -2.48. The molecule has 0 aromatic heterocycles. The smallest absolute Gasteiger partial charge is 0.184 e. The molecule has 1 aromatic rings. The zero-order valence-electron chi connectivity index (χ0n) is 30.1. The minimum absolute atomic E-state index is 0.0912. The van der Waals surface area contributed by atoms with Gasteiger partial charge in [0.05, 0.1) is 10.8 Å². The lowest BCUT2D eigenvalue weighted by atomic mass is 9.42. The Morgan fingerprint density at radius 2 is 1.38 bits per heavy atom. The molecule has 0 saturated heterocycles. The lowest BCUT2D eigenvalue weighted by Gasteiger charge is -2.56. The molecule has 2 N–H and O–H groups in total. The third kappa shape index (κ3) is 8.41. The van der Waals surface area contributed by atoms with Crippen LogP contribution in [0.2, 0.25) is 0 Å². The molecule has 2 aliphatic carbocycles. The molecule has 0 radical (unpaired) electrons. The molecule has 0 unspecified atom stereocenters. The number of rotatable bonds is 13. The molecule has 2 fully saturated rings. The number of phenolic OH excluding ortho intramolecular Hbond substituents is 1. The van der Waals surface area contributed by atoms with Crippen molar-refractivity contribution in [3.05, 3.63) is 93.6 Å². The number of aromatic hydroxyl groups is 1. The first-order valence-corrected chi connectivity index (χ1v) is 17.1. The number of allylic oxidation sites excluding steroid dienone is 11. The minimum atomic E-state index is -1.51. The van der Waals surface area contributed by atoms with E-state index in [0.717, 1.165) is 24.0 Å². The quantitative estimate of drug-likeness (QED) is 0.0736. The fourth-order valence-corrected chi connectivity index (χ4v) is 7.40. The number of hydrogen-bond donors (Lipinski definition) is 2. The second-order valence-electron chi connectivity index (χ2n) is 14.8. The Balaban J connectivity index is 2.36. The zero-order valence-corrected chi connectivity index (χ0v) is 30.1. The Morgan fingerprint density at radius 1 is 0.787 bits per heavy atom. The van der Waals surface area contributed by atoms with Crippen LogP contribution in [0, 0.1) is 22.7 Å². The van der Waals surface area contributed by atoms with Crippen molar-refractivity contribution in [1.29, 1.82) is 0 Å². The first-order chi connectivity index (χ1) is 22.1. The zero-order chi connectivity index (χ0) is 35.1. The molecule has 1 aromatic carbocycles. The molecule has 2 aliphatic rings. The number of benzene rings is 1. The van der Waals surface area contributed by atoms with Crippen LogP contribution in [0.4, 0.5) is 0 Å². The summed E-state index contributed by atoms with van der Waals surface area (Å²) in [6.45, 7) is 18.2. The van der Waals surface area contributed by atoms with Crippen LogP contribution in [0.25, 0.3) is 5.76 Å². The number of ketones is 3. The summed E-state index contributed by atoms with van der Waals surface area (Å²) in [5.41, 5.74) is 2.54. The number of aliphatic hydroxyl groups is 1. The number of hydrogen-bond acceptors (Lipinski definition) is 5. The highest BCUT2D eigenvalue weighted by Crippen LogP contribution is 2.61. The largest absolute Gasteiger partial charge is 0.508 e. The molecule has 0 spiro atoms. The van der Waals surface area contributed by atoms with Crippen molar-refractivity contribution in [2.24, 2.45) is 22.7 Å². The van der Waals surface area contributed by atoms with E-state index in [-0.39, 0.29) is 47.3 Å². The number of carbonyl (C=O) groups is 3. The highest BCUT2D eigenvalue weighted by molar-refractivity contribution is 6.41. The van der Waals surface area contributed by atoms with Crippen LogP contribution in [0.1, 0.15) is 119 Å². The van der Waals surface area contributed by atoms with Crippen LogP contribution < -0.4 is 0 Å². The van der Waals surface area contributed by atoms with Crippen LogP contribution >= 0.6 is 0 Å². The number of carbonyl (C=O) groups excluding carboxylic acids is 3. The number of Topliss-reactive ketones (excluding diaryl/α,β-unsaturated/α-hetero) is 3. The van der Waals surface area contributed by atoms with E-state index >= 15 is 9.59 Å². The van der Waals surface area contributed by atoms with Gasteiger partial charge in [0, 0.05) is 5.56 Å². The van der Waals surface area contributed by atoms with Gasteiger partial charge < -0.3 is 10.2 Å². The topological polar surface area (TPSA) is 91.7 Å². The van der Waals surface area contributed by atoms with Crippen molar-refractivity contribution in [2.75, 3.05) is 0 Å². The van der Waals surface area contributed by atoms with E-state index in [9.17, 15) is 15.0 Å². The average molecular weight is 641 g/mol. The third-order valence-corrected chi connectivity index (χ3v) is 9.88. The average Bonchev–Trinajstić information content (AvgIpc) is 2.98. The summed E-state index contributed by atoms with van der Waals surface area (Å²) in [4.78, 5) is 45.0. The molecular formula is C42H56O5. The lowest BCUT2D eigenvalue weighted by Crippen LogP contribution is -2.66. The fourth-order valence-electron chi connectivity index (χ4n) is 7.40. The van der Waals surface area contributed by atoms with E-state index in [2.05, 4.69) is 39.0 Å². The first kappa shape index (κ1) is 37.7. The van der Waals surface area contributed by atoms with Gasteiger partial charge in [-0.15, -0.1) is 0 Å². The first-order valence-electron chi connectivity index (χ1n) is 17.1. The number of aliphatic hydroxyl groups excluding tert-OH is 1. The van der Waals surface area contributed by atoms with Gasteiger partial charge in [0.15, 0.2) is 17.3 Å². The summed E-state index contributed by atoms with van der Waals surface area (Å²) in [5, 5.41) is 21.9. The van der Waals surface area contributed by atoms with Gasteiger partial charge in [0.25, 0.3) is 0 Å². The minimum Gasteiger partial charge on any atom is -0.508 e. The van der Waals surface area contributed by atoms with Gasteiger partial charge in [0.2, 0.25) is 0 Å². The molecule has 4 atom stereocenters. The molecule has 0 aliphatic heterocycles. The normalized spacial score (nSPS) is 25.2. The van der Waals surface area contributed by atoms with E-state index < -0.39 is 28.2 Å².